The number of nitrogens with zero attached hydrogens (tertiary/aromatic N) is 3. The molecule has 1 atom stereocenters. The van der Waals surface area contributed by atoms with Crippen molar-refractivity contribution < 1.29 is 18.7 Å². The van der Waals surface area contributed by atoms with E-state index in [9.17, 15) is 9.59 Å². The van der Waals surface area contributed by atoms with E-state index in [1.807, 2.05) is 30.3 Å². The van der Waals surface area contributed by atoms with Gasteiger partial charge in [0.15, 0.2) is 0 Å². The molecule has 1 fully saturated rings. The Bertz CT molecular complexity index is 744. The van der Waals surface area contributed by atoms with E-state index < -0.39 is 0 Å². The summed E-state index contributed by atoms with van der Waals surface area (Å²) >= 11 is 0. The zero-order valence-electron chi connectivity index (χ0n) is 14.9. The minimum atomic E-state index is -0.222. The second-order valence-electron chi connectivity index (χ2n) is 6.30. The van der Waals surface area contributed by atoms with Gasteiger partial charge in [-0.05, 0) is 31.9 Å². The Morgan fingerprint density at radius 1 is 1.27 bits per heavy atom. The maximum Gasteiger partial charge on any atom is 0.310 e. The maximum absolute atomic E-state index is 12.5. The quantitative estimate of drug-likeness (QED) is 0.738. The number of carbonyl (C=O) groups is 2. The second kappa shape index (κ2) is 8.60. The molecule has 0 spiro atoms. The van der Waals surface area contributed by atoms with Crippen molar-refractivity contribution in [1.29, 1.82) is 0 Å². The van der Waals surface area contributed by atoms with E-state index >= 15 is 0 Å². The van der Waals surface area contributed by atoms with Crippen LogP contribution in [0, 0.1) is 5.92 Å². The molecular weight excluding hydrogens is 334 g/mol. The molecule has 2 heterocycles. The fourth-order valence-electron chi connectivity index (χ4n) is 3.08. The summed E-state index contributed by atoms with van der Waals surface area (Å²) < 4.78 is 10.7. The number of aryl methyl sites for hydroxylation is 1. The molecule has 1 aromatic carbocycles. The highest BCUT2D eigenvalue weighted by Gasteiger charge is 2.29. The topological polar surface area (TPSA) is 85.5 Å². The normalized spacial score (nSPS) is 17.1. The highest BCUT2D eigenvalue weighted by molar-refractivity contribution is 5.78. The van der Waals surface area contributed by atoms with Gasteiger partial charge in [0.1, 0.15) is 0 Å². The van der Waals surface area contributed by atoms with Gasteiger partial charge in [-0.2, -0.15) is 0 Å². The third-order valence-corrected chi connectivity index (χ3v) is 4.43. The third-order valence-electron chi connectivity index (χ3n) is 4.43. The van der Waals surface area contributed by atoms with Crippen LogP contribution in [-0.2, 0) is 20.7 Å². The molecule has 1 aliphatic rings. The SMILES string of the molecule is CCOC(=O)C1CCCN(C(=O)CCc2nnc(-c3ccccc3)o2)C1. The number of rotatable bonds is 6. The largest absolute Gasteiger partial charge is 0.466 e. The molecule has 0 saturated carbocycles. The standard InChI is InChI=1S/C19H23N3O4/c1-2-25-19(24)15-9-6-12-22(13-15)17(23)11-10-16-20-21-18(26-16)14-7-4-3-5-8-14/h3-5,7-8,15H,2,6,9-13H2,1H3. The number of carbonyl (C=O) groups excluding carboxylic acids is 2. The first-order valence-electron chi connectivity index (χ1n) is 8.99. The number of benzene rings is 1. The minimum absolute atomic E-state index is 0.00143. The van der Waals surface area contributed by atoms with Crippen LogP contribution < -0.4 is 0 Å². The molecule has 1 amide bonds. The number of ether oxygens (including phenoxy) is 1. The highest BCUT2D eigenvalue weighted by atomic mass is 16.5. The molecule has 7 heteroatoms. The van der Waals surface area contributed by atoms with Gasteiger partial charge in [-0.3, -0.25) is 9.59 Å². The number of aromatic nitrogens is 2. The van der Waals surface area contributed by atoms with E-state index in [-0.39, 0.29) is 24.2 Å². The average molecular weight is 357 g/mol. The Balaban J connectivity index is 1.52. The Morgan fingerprint density at radius 3 is 2.85 bits per heavy atom. The molecule has 1 unspecified atom stereocenters. The lowest BCUT2D eigenvalue weighted by molar-refractivity contribution is -0.151. The molecule has 1 aromatic heterocycles. The minimum Gasteiger partial charge on any atom is -0.466 e. The molecule has 0 radical (unpaired) electrons. The Hall–Kier alpha value is -2.70. The van der Waals surface area contributed by atoms with Crippen molar-refractivity contribution in [3.05, 3.63) is 36.2 Å². The molecule has 0 bridgehead atoms. The molecule has 2 aromatic rings. The Kier molecular flexibility index (Phi) is 5.99. The van der Waals surface area contributed by atoms with Crippen LogP contribution in [0.25, 0.3) is 11.5 Å². The Labute approximate surface area is 152 Å². The van der Waals surface area contributed by atoms with Gasteiger partial charge >= 0.3 is 5.97 Å². The van der Waals surface area contributed by atoms with Crippen molar-refractivity contribution in [3.63, 3.8) is 0 Å². The van der Waals surface area contributed by atoms with Gasteiger partial charge in [-0.15, -0.1) is 10.2 Å². The average Bonchev–Trinajstić information content (AvgIpc) is 3.16. The monoisotopic (exact) mass is 357 g/mol. The molecule has 7 nitrogen and oxygen atoms in total. The van der Waals surface area contributed by atoms with Crippen molar-refractivity contribution in [2.45, 2.75) is 32.6 Å². The number of piperidine rings is 1. The van der Waals surface area contributed by atoms with Crippen LogP contribution in [0.4, 0.5) is 0 Å². The van der Waals surface area contributed by atoms with Crippen molar-refractivity contribution in [3.8, 4) is 11.5 Å². The third kappa shape index (κ3) is 4.47. The summed E-state index contributed by atoms with van der Waals surface area (Å²) in [7, 11) is 0. The van der Waals surface area contributed by atoms with Crippen LogP contribution in [0.2, 0.25) is 0 Å². The van der Waals surface area contributed by atoms with Gasteiger partial charge in [-0.25, -0.2) is 0 Å². The lowest BCUT2D eigenvalue weighted by Crippen LogP contribution is -2.42. The van der Waals surface area contributed by atoms with Crippen LogP contribution in [0.15, 0.2) is 34.7 Å². The summed E-state index contributed by atoms with van der Waals surface area (Å²) in [5.41, 5.74) is 0.853. The van der Waals surface area contributed by atoms with E-state index in [2.05, 4.69) is 10.2 Å². The van der Waals surface area contributed by atoms with Crippen LogP contribution in [0.1, 0.15) is 32.1 Å². The van der Waals surface area contributed by atoms with Gasteiger partial charge in [0.05, 0.1) is 12.5 Å². The predicted molar refractivity (Wildman–Crippen MR) is 94.0 cm³/mol. The highest BCUT2D eigenvalue weighted by Crippen LogP contribution is 2.20. The first-order chi connectivity index (χ1) is 12.7. The fourth-order valence-corrected chi connectivity index (χ4v) is 3.08. The molecule has 0 N–H and O–H groups in total. The van der Waals surface area contributed by atoms with Crippen molar-refractivity contribution >= 4 is 11.9 Å². The number of likely N-dealkylation sites (tertiary alicyclic amines) is 1. The molecular formula is C19H23N3O4. The maximum atomic E-state index is 12.5. The van der Waals surface area contributed by atoms with Crippen LogP contribution in [0.5, 0.6) is 0 Å². The summed E-state index contributed by atoms with van der Waals surface area (Å²) in [5.74, 6) is 0.457. The summed E-state index contributed by atoms with van der Waals surface area (Å²) in [6.07, 6.45) is 2.26. The van der Waals surface area contributed by atoms with E-state index in [4.69, 9.17) is 9.15 Å². The lowest BCUT2D eigenvalue weighted by atomic mass is 9.98. The second-order valence-corrected chi connectivity index (χ2v) is 6.30. The fraction of sp³-hybridized carbons (Fsp3) is 0.474. The Morgan fingerprint density at radius 2 is 2.08 bits per heavy atom. The molecule has 1 aliphatic heterocycles. The van der Waals surface area contributed by atoms with E-state index in [1.54, 1.807) is 11.8 Å². The zero-order chi connectivity index (χ0) is 18.4. The molecule has 1 saturated heterocycles. The first-order valence-corrected chi connectivity index (χ1v) is 8.99. The summed E-state index contributed by atoms with van der Waals surface area (Å²) in [6, 6.07) is 9.51. The van der Waals surface area contributed by atoms with Gasteiger partial charge in [-0.1, -0.05) is 18.2 Å². The smallest absolute Gasteiger partial charge is 0.310 e. The molecule has 138 valence electrons. The van der Waals surface area contributed by atoms with Gasteiger partial charge in [0, 0.05) is 31.5 Å². The van der Waals surface area contributed by atoms with Crippen molar-refractivity contribution in [2.24, 2.45) is 5.92 Å². The number of esters is 1. The van der Waals surface area contributed by atoms with Gasteiger partial charge in [0.25, 0.3) is 0 Å². The molecule has 0 aliphatic carbocycles. The van der Waals surface area contributed by atoms with E-state index in [0.29, 0.717) is 37.9 Å². The first kappa shape index (κ1) is 18.1. The predicted octanol–water partition coefficient (Wildman–Crippen LogP) is 2.47. The van der Waals surface area contributed by atoms with Gasteiger partial charge < -0.3 is 14.1 Å². The number of hydrogen-bond acceptors (Lipinski definition) is 6. The molecule has 26 heavy (non-hydrogen) atoms. The summed E-state index contributed by atoms with van der Waals surface area (Å²) in [5, 5.41) is 8.05. The van der Waals surface area contributed by atoms with E-state index in [1.165, 1.54) is 0 Å². The van der Waals surface area contributed by atoms with Crippen molar-refractivity contribution in [2.75, 3.05) is 19.7 Å². The number of hydrogen-bond donors (Lipinski definition) is 0. The van der Waals surface area contributed by atoms with Gasteiger partial charge in [0.2, 0.25) is 17.7 Å². The van der Waals surface area contributed by atoms with Crippen LogP contribution in [-0.4, -0.2) is 46.7 Å². The summed E-state index contributed by atoms with van der Waals surface area (Å²) in [6.45, 7) is 3.26. The lowest BCUT2D eigenvalue weighted by Gasteiger charge is -2.31. The zero-order valence-corrected chi connectivity index (χ0v) is 14.9. The number of amides is 1. The van der Waals surface area contributed by atoms with Crippen LogP contribution in [0.3, 0.4) is 0 Å². The van der Waals surface area contributed by atoms with E-state index in [0.717, 1.165) is 18.4 Å². The summed E-state index contributed by atoms with van der Waals surface area (Å²) in [4.78, 5) is 26.1. The molecule has 3 rings (SSSR count). The van der Waals surface area contributed by atoms with Crippen LogP contribution >= 0.6 is 0 Å². The van der Waals surface area contributed by atoms with Crippen molar-refractivity contribution in [1.82, 2.24) is 15.1 Å².